The van der Waals surface area contributed by atoms with Gasteiger partial charge in [-0.2, -0.15) is 0 Å². The van der Waals surface area contributed by atoms with E-state index in [9.17, 15) is 22.4 Å². The fourth-order valence-electron chi connectivity index (χ4n) is 4.30. The standard InChI is InChI=1S/C31H38FN3O4S/c1-5-24-15-17-27(18-16-24)35(40(4,38)39)22-30(36)34(21-26-13-9-10-14-28(26)32)29(31(37)33-20-23(2)3)19-25-11-7-6-8-12-25/h6-18,23,29H,5,19-22H2,1-4H3,(H,33,37)/t29-/m1/s1. The highest BCUT2D eigenvalue weighted by Gasteiger charge is 2.33. The maximum atomic E-state index is 14.8. The molecule has 0 saturated carbocycles. The minimum Gasteiger partial charge on any atom is -0.354 e. The summed E-state index contributed by atoms with van der Waals surface area (Å²) in [6.45, 7) is 5.56. The van der Waals surface area contributed by atoms with E-state index in [2.05, 4.69) is 5.32 Å². The van der Waals surface area contributed by atoms with Crippen LogP contribution >= 0.6 is 0 Å². The third kappa shape index (κ3) is 8.64. The number of nitrogens with one attached hydrogen (secondary N) is 1. The molecule has 1 atom stereocenters. The molecule has 2 amide bonds. The molecule has 3 aromatic carbocycles. The summed E-state index contributed by atoms with van der Waals surface area (Å²) in [6.07, 6.45) is 1.99. The Morgan fingerprint density at radius 2 is 1.52 bits per heavy atom. The number of benzene rings is 3. The van der Waals surface area contributed by atoms with E-state index in [0.717, 1.165) is 28.1 Å². The van der Waals surface area contributed by atoms with E-state index in [0.29, 0.717) is 12.2 Å². The average Bonchev–Trinajstić information content (AvgIpc) is 2.93. The number of aryl methyl sites for hydroxylation is 1. The lowest BCUT2D eigenvalue weighted by Crippen LogP contribution is -2.53. The summed E-state index contributed by atoms with van der Waals surface area (Å²) in [7, 11) is -3.86. The van der Waals surface area contributed by atoms with Crippen molar-refractivity contribution in [3.63, 3.8) is 0 Å². The number of anilines is 1. The quantitative estimate of drug-likeness (QED) is 0.328. The van der Waals surface area contributed by atoms with Crippen LogP contribution in [-0.2, 0) is 39.0 Å². The van der Waals surface area contributed by atoms with E-state index in [1.165, 1.54) is 11.0 Å². The molecule has 0 aromatic heterocycles. The van der Waals surface area contributed by atoms with Gasteiger partial charge in [0, 0.05) is 25.1 Å². The summed E-state index contributed by atoms with van der Waals surface area (Å²) in [4.78, 5) is 28.9. The second-order valence-electron chi connectivity index (χ2n) is 10.2. The zero-order valence-electron chi connectivity index (χ0n) is 23.5. The summed E-state index contributed by atoms with van der Waals surface area (Å²) in [5.41, 5.74) is 2.40. The van der Waals surface area contributed by atoms with Crippen LogP contribution in [0.1, 0.15) is 37.5 Å². The SMILES string of the molecule is CCc1ccc(N(CC(=O)N(Cc2ccccc2F)[C@H](Cc2ccccc2)C(=O)NCC(C)C)S(C)(=O)=O)cc1. The second-order valence-corrected chi connectivity index (χ2v) is 12.2. The molecule has 214 valence electrons. The molecule has 0 bridgehead atoms. The average molecular weight is 568 g/mol. The van der Waals surface area contributed by atoms with Gasteiger partial charge >= 0.3 is 0 Å². The van der Waals surface area contributed by atoms with Gasteiger partial charge in [-0.25, -0.2) is 12.8 Å². The van der Waals surface area contributed by atoms with E-state index < -0.39 is 34.3 Å². The van der Waals surface area contributed by atoms with Gasteiger partial charge in [-0.3, -0.25) is 13.9 Å². The molecule has 9 heteroatoms. The van der Waals surface area contributed by atoms with Crippen LogP contribution in [0.5, 0.6) is 0 Å². The number of sulfonamides is 1. The first kappa shape index (κ1) is 30.8. The van der Waals surface area contributed by atoms with Crippen LogP contribution in [0.25, 0.3) is 0 Å². The van der Waals surface area contributed by atoms with Crippen LogP contribution in [0.2, 0.25) is 0 Å². The smallest absolute Gasteiger partial charge is 0.244 e. The molecule has 0 spiro atoms. The van der Waals surface area contributed by atoms with Crippen molar-refractivity contribution in [1.29, 1.82) is 0 Å². The van der Waals surface area contributed by atoms with Gasteiger partial charge in [-0.1, -0.05) is 81.4 Å². The Morgan fingerprint density at radius 1 is 0.900 bits per heavy atom. The number of nitrogens with zero attached hydrogens (tertiary/aromatic N) is 2. The van der Waals surface area contributed by atoms with E-state index >= 15 is 0 Å². The van der Waals surface area contributed by atoms with Gasteiger partial charge in [0.1, 0.15) is 18.4 Å². The fourth-order valence-corrected chi connectivity index (χ4v) is 5.15. The van der Waals surface area contributed by atoms with Crippen LogP contribution in [0, 0.1) is 11.7 Å². The first-order chi connectivity index (χ1) is 19.0. The van der Waals surface area contributed by atoms with Crippen LogP contribution in [0.15, 0.2) is 78.9 Å². The second kappa shape index (κ2) is 14.1. The number of hydrogen-bond acceptors (Lipinski definition) is 4. The molecular weight excluding hydrogens is 529 g/mol. The van der Waals surface area contributed by atoms with Crippen LogP contribution < -0.4 is 9.62 Å². The van der Waals surface area contributed by atoms with Crippen molar-refractivity contribution in [3.8, 4) is 0 Å². The Balaban J connectivity index is 2.04. The lowest BCUT2D eigenvalue weighted by Gasteiger charge is -2.33. The third-order valence-corrected chi connectivity index (χ3v) is 7.71. The van der Waals surface area contributed by atoms with Gasteiger partial charge in [-0.15, -0.1) is 0 Å². The summed E-state index contributed by atoms with van der Waals surface area (Å²) in [6, 6.07) is 21.2. The summed E-state index contributed by atoms with van der Waals surface area (Å²) in [5.74, 6) is -1.35. The predicted octanol–water partition coefficient (Wildman–Crippen LogP) is 4.57. The molecule has 0 radical (unpaired) electrons. The predicted molar refractivity (Wildman–Crippen MR) is 157 cm³/mol. The molecule has 0 aliphatic heterocycles. The van der Waals surface area contributed by atoms with Gasteiger partial charge in [0.2, 0.25) is 21.8 Å². The van der Waals surface area contributed by atoms with Gasteiger partial charge < -0.3 is 10.2 Å². The highest BCUT2D eigenvalue weighted by atomic mass is 32.2. The Hall–Kier alpha value is -3.72. The molecular formula is C31H38FN3O4S. The molecule has 0 aliphatic rings. The monoisotopic (exact) mass is 567 g/mol. The van der Waals surface area contributed by atoms with Gasteiger partial charge in [0.15, 0.2) is 0 Å². The Kier molecular flexibility index (Phi) is 10.8. The van der Waals surface area contributed by atoms with Crippen molar-refractivity contribution >= 4 is 27.5 Å². The maximum absolute atomic E-state index is 14.8. The maximum Gasteiger partial charge on any atom is 0.244 e. The number of rotatable bonds is 13. The van der Waals surface area contributed by atoms with E-state index in [1.54, 1.807) is 30.3 Å². The Morgan fingerprint density at radius 3 is 2.10 bits per heavy atom. The largest absolute Gasteiger partial charge is 0.354 e. The molecule has 3 aromatic rings. The number of halogens is 1. The molecule has 0 saturated heterocycles. The molecule has 0 aliphatic carbocycles. The molecule has 7 nitrogen and oxygen atoms in total. The van der Waals surface area contributed by atoms with Gasteiger partial charge in [0.05, 0.1) is 11.9 Å². The topological polar surface area (TPSA) is 86.8 Å². The van der Waals surface area contributed by atoms with E-state index in [-0.39, 0.29) is 30.4 Å². The van der Waals surface area contributed by atoms with Crippen molar-refractivity contribution in [2.24, 2.45) is 5.92 Å². The zero-order valence-corrected chi connectivity index (χ0v) is 24.3. The highest BCUT2D eigenvalue weighted by Crippen LogP contribution is 2.22. The summed E-state index contributed by atoms with van der Waals surface area (Å²) in [5, 5.41) is 2.91. The van der Waals surface area contributed by atoms with Crippen LogP contribution in [-0.4, -0.2) is 50.5 Å². The molecule has 0 heterocycles. The van der Waals surface area contributed by atoms with Gasteiger partial charge in [-0.05, 0) is 41.7 Å². The molecule has 0 unspecified atom stereocenters. The molecule has 40 heavy (non-hydrogen) atoms. The van der Waals surface area contributed by atoms with E-state index in [1.807, 2.05) is 63.2 Å². The number of carbonyl (C=O) groups is 2. The molecule has 1 N–H and O–H groups in total. The van der Waals surface area contributed by atoms with Crippen molar-refractivity contribution < 1.29 is 22.4 Å². The van der Waals surface area contributed by atoms with Crippen LogP contribution in [0.4, 0.5) is 10.1 Å². The summed E-state index contributed by atoms with van der Waals surface area (Å²) < 4.78 is 41.5. The number of carbonyl (C=O) groups excluding carboxylic acids is 2. The zero-order chi connectivity index (χ0) is 29.3. The lowest BCUT2D eigenvalue weighted by molar-refractivity contribution is -0.140. The van der Waals surface area contributed by atoms with Crippen molar-refractivity contribution in [2.45, 2.75) is 46.2 Å². The molecule has 0 fully saturated rings. The lowest BCUT2D eigenvalue weighted by atomic mass is 10.0. The minimum absolute atomic E-state index is 0.170. The first-order valence-corrected chi connectivity index (χ1v) is 15.3. The number of amides is 2. The van der Waals surface area contributed by atoms with Crippen LogP contribution in [0.3, 0.4) is 0 Å². The Labute approximate surface area is 237 Å². The van der Waals surface area contributed by atoms with E-state index in [4.69, 9.17) is 0 Å². The Bertz CT molecular complexity index is 1380. The van der Waals surface area contributed by atoms with Gasteiger partial charge in [0.25, 0.3) is 0 Å². The third-order valence-electron chi connectivity index (χ3n) is 6.57. The summed E-state index contributed by atoms with van der Waals surface area (Å²) >= 11 is 0. The first-order valence-electron chi connectivity index (χ1n) is 13.4. The van der Waals surface area contributed by atoms with Crippen molar-refractivity contribution in [2.75, 3.05) is 23.7 Å². The van der Waals surface area contributed by atoms with Crippen molar-refractivity contribution in [3.05, 3.63) is 101 Å². The van der Waals surface area contributed by atoms with Crippen molar-refractivity contribution in [1.82, 2.24) is 10.2 Å². The number of hydrogen-bond donors (Lipinski definition) is 1. The fraction of sp³-hybridized carbons (Fsp3) is 0.355. The highest BCUT2D eigenvalue weighted by molar-refractivity contribution is 7.92. The normalized spacial score (nSPS) is 12.2. The molecule has 3 rings (SSSR count). The minimum atomic E-state index is -3.86.